The minimum atomic E-state index is 0.552. The van der Waals surface area contributed by atoms with Crippen molar-refractivity contribution in [3.63, 3.8) is 0 Å². The van der Waals surface area contributed by atoms with Gasteiger partial charge in [0.05, 0.1) is 5.69 Å². The standard InChI is InChI=1S/C16H29N3/c1-6-10-17-16-9-7-8-15(18-16)12-19(14(4)5)11-13(2)3/h7-9,13-14H,6,10-12H2,1-5H3,(H,17,18). The first-order valence-electron chi connectivity index (χ1n) is 7.46. The number of hydrogen-bond donors (Lipinski definition) is 1. The summed E-state index contributed by atoms with van der Waals surface area (Å²) in [5.74, 6) is 1.68. The van der Waals surface area contributed by atoms with Gasteiger partial charge in [0.15, 0.2) is 0 Å². The Hall–Kier alpha value is -1.09. The van der Waals surface area contributed by atoms with Gasteiger partial charge in [-0.25, -0.2) is 4.98 Å². The van der Waals surface area contributed by atoms with E-state index in [1.807, 2.05) is 6.07 Å². The molecule has 0 spiro atoms. The second kappa shape index (κ2) is 8.16. The van der Waals surface area contributed by atoms with Gasteiger partial charge < -0.3 is 5.32 Å². The molecule has 0 fully saturated rings. The van der Waals surface area contributed by atoms with Crippen molar-refractivity contribution in [2.75, 3.05) is 18.4 Å². The molecular formula is C16H29N3. The molecule has 0 aliphatic heterocycles. The van der Waals surface area contributed by atoms with Crippen molar-refractivity contribution < 1.29 is 0 Å². The number of pyridine rings is 1. The fourth-order valence-corrected chi connectivity index (χ4v) is 2.05. The summed E-state index contributed by atoms with van der Waals surface area (Å²) < 4.78 is 0. The molecule has 0 saturated carbocycles. The molecule has 3 nitrogen and oxygen atoms in total. The molecule has 0 unspecified atom stereocenters. The van der Waals surface area contributed by atoms with Gasteiger partial charge in [0.25, 0.3) is 0 Å². The van der Waals surface area contributed by atoms with Crippen molar-refractivity contribution >= 4 is 5.82 Å². The van der Waals surface area contributed by atoms with Gasteiger partial charge in [-0.2, -0.15) is 0 Å². The van der Waals surface area contributed by atoms with Crippen molar-refractivity contribution in [1.29, 1.82) is 0 Å². The molecule has 0 bridgehead atoms. The number of nitrogens with zero attached hydrogens (tertiary/aromatic N) is 2. The zero-order valence-corrected chi connectivity index (χ0v) is 13.1. The van der Waals surface area contributed by atoms with Crippen LogP contribution in [-0.4, -0.2) is 29.0 Å². The average molecular weight is 263 g/mol. The Morgan fingerprint density at radius 1 is 1.21 bits per heavy atom. The minimum Gasteiger partial charge on any atom is -0.370 e. The molecule has 19 heavy (non-hydrogen) atoms. The third-order valence-corrected chi connectivity index (χ3v) is 3.06. The number of rotatable bonds is 8. The van der Waals surface area contributed by atoms with Crippen molar-refractivity contribution in [2.24, 2.45) is 5.92 Å². The Bertz CT molecular complexity index is 361. The Morgan fingerprint density at radius 2 is 1.95 bits per heavy atom. The van der Waals surface area contributed by atoms with Gasteiger partial charge in [0.1, 0.15) is 5.82 Å². The molecule has 0 saturated heterocycles. The lowest BCUT2D eigenvalue weighted by Gasteiger charge is -2.28. The molecule has 108 valence electrons. The largest absolute Gasteiger partial charge is 0.370 e. The lowest BCUT2D eigenvalue weighted by Crippen LogP contribution is -2.33. The van der Waals surface area contributed by atoms with Gasteiger partial charge >= 0.3 is 0 Å². The number of aromatic nitrogens is 1. The van der Waals surface area contributed by atoms with E-state index < -0.39 is 0 Å². The smallest absolute Gasteiger partial charge is 0.126 e. The summed E-state index contributed by atoms with van der Waals surface area (Å²) in [4.78, 5) is 7.17. The van der Waals surface area contributed by atoms with Gasteiger partial charge in [-0.15, -0.1) is 0 Å². The molecule has 0 aliphatic rings. The summed E-state index contributed by atoms with van der Waals surface area (Å²) in [6.45, 7) is 14.2. The zero-order valence-electron chi connectivity index (χ0n) is 13.1. The highest BCUT2D eigenvalue weighted by Gasteiger charge is 2.12. The normalized spacial score (nSPS) is 11.6. The lowest BCUT2D eigenvalue weighted by atomic mass is 10.1. The van der Waals surface area contributed by atoms with Crippen LogP contribution >= 0.6 is 0 Å². The summed E-state index contributed by atoms with van der Waals surface area (Å²) in [7, 11) is 0. The summed E-state index contributed by atoms with van der Waals surface area (Å²) >= 11 is 0. The van der Waals surface area contributed by atoms with Crippen LogP contribution in [0.25, 0.3) is 0 Å². The Morgan fingerprint density at radius 3 is 2.53 bits per heavy atom. The van der Waals surface area contributed by atoms with Crippen LogP contribution in [0.2, 0.25) is 0 Å². The van der Waals surface area contributed by atoms with Crippen LogP contribution in [0.1, 0.15) is 46.7 Å². The molecule has 0 aliphatic carbocycles. The monoisotopic (exact) mass is 263 g/mol. The predicted molar refractivity (Wildman–Crippen MR) is 83.4 cm³/mol. The van der Waals surface area contributed by atoms with Gasteiger partial charge in [-0.1, -0.05) is 26.8 Å². The van der Waals surface area contributed by atoms with Crippen LogP contribution in [-0.2, 0) is 6.54 Å². The average Bonchev–Trinajstić information content (AvgIpc) is 2.35. The second-order valence-corrected chi connectivity index (χ2v) is 5.86. The molecule has 1 aromatic heterocycles. The molecule has 3 heteroatoms. The Labute approximate surface area is 118 Å². The molecule has 1 rings (SSSR count). The molecule has 0 radical (unpaired) electrons. The highest BCUT2D eigenvalue weighted by Crippen LogP contribution is 2.11. The van der Waals surface area contributed by atoms with Crippen molar-refractivity contribution in [1.82, 2.24) is 9.88 Å². The van der Waals surface area contributed by atoms with Crippen LogP contribution in [0.4, 0.5) is 5.82 Å². The van der Waals surface area contributed by atoms with Gasteiger partial charge in [0, 0.05) is 25.7 Å². The summed E-state index contributed by atoms with van der Waals surface area (Å²) in [5.41, 5.74) is 1.15. The predicted octanol–water partition coefficient (Wildman–Crippen LogP) is 3.77. The zero-order chi connectivity index (χ0) is 14.3. The van der Waals surface area contributed by atoms with Gasteiger partial charge in [0.2, 0.25) is 0 Å². The van der Waals surface area contributed by atoms with E-state index in [0.29, 0.717) is 12.0 Å². The molecular weight excluding hydrogens is 234 g/mol. The second-order valence-electron chi connectivity index (χ2n) is 5.86. The minimum absolute atomic E-state index is 0.552. The fourth-order valence-electron chi connectivity index (χ4n) is 2.05. The highest BCUT2D eigenvalue weighted by atomic mass is 15.2. The third-order valence-electron chi connectivity index (χ3n) is 3.06. The van der Waals surface area contributed by atoms with E-state index in [2.05, 4.69) is 62.0 Å². The number of anilines is 1. The summed E-state index contributed by atoms with van der Waals surface area (Å²) in [6.07, 6.45) is 1.12. The molecule has 0 aromatic carbocycles. The topological polar surface area (TPSA) is 28.2 Å². The van der Waals surface area contributed by atoms with Crippen LogP contribution in [0.3, 0.4) is 0 Å². The van der Waals surface area contributed by atoms with Crippen molar-refractivity contribution in [3.05, 3.63) is 23.9 Å². The van der Waals surface area contributed by atoms with E-state index in [0.717, 1.165) is 37.6 Å². The van der Waals surface area contributed by atoms with E-state index in [1.54, 1.807) is 0 Å². The first kappa shape index (κ1) is 16.0. The maximum Gasteiger partial charge on any atom is 0.126 e. The Balaban J connectivity index is 2.67. The maximum absolute atomic E-state index is 4.69. The van der Waals surface area contributed by atoms with E-state index >= 15 is 0 Å². The third kappa shape index (κ3) is 6.06. The van der Waals surface area contributed by atoms with E-state index in [4.69, 9.17) is 0 Å². The van der Waals surface area contributed by atoms with E-state index in [9.17, 15) is 0 Å². The molecule has 1 heterocycles. The lowest BCUT2D eigenvalue weighted by molar-refractivity contribution is 0.187. The molecule has 0 amide bonds. The SMILES string of the molecule is CCCNc1cccc(CN(CC(C)C)C(C)C)n1. The first-order chi connectivity index (χ1) is 9.02. The summed E-state index contributed by atoms with van der Waals surface area (Å²) in [5, 5.41) is 3.35. The Kier molecular flexibility index (Phi) is 6.85. The van der Waals surface area contributed by atoms with Crippen LogP contribution in [0, 0.1) is 5.92 Å². The molecule has 0 atom stereocenters. The van der Waals surface area contributed by atoms with Gasteiger partial charge in [-0.05, 0) is 38.3 Å². The van der Waals surface area contributed by atoms with Crippen LogP contribution in [0.5, 0.6) is 0 Å². The number of nitrogens with one attached hydrogen (secondary N) is 1. The number of hydrogen-bond acceptors (Lipinski definition) is 3. The maximum atomic E-state index is 4.69. The molecule has 1 N–H and O–H groups in total. The molecule has 1 aromatic rings. The van der Waals surface area contributed by atoms with Crippen LogP contribution in [0.15, 0.2) is 18.2 Å². The van der Waals surface area contributed by atoms with Crippen molar-refractivity contribution in [3.8, 4) is 0 Å². The van der Waals surface area contributed by atoms with Crippen molar-refractivity contribution in [2.45, 2.75) is 53.6 Å². The summed E-state index contributed by atoms with van der Waals surface area (Å²) in [6, 6.07) is 6.80. The van der Waals surface area contributed by atoms with Crippen LogP contribution < -0.4 is 5.32 Å². The van der Waals surface area contributed by atoms with Gasteiger partial charge in [-0.3, -0.25) is 4.90 Å². The van der Waals surface area contributed by atoms with E-state index in [1.165, 1.54) is 0 Å². The fraction of sp³-hybridized carbons (Fsp3) is 0.688. The van der Waals surface area contributed by atoms with E-state index in [-0.39, 0.29) is 0 Å². The quantitative estimate of drug-likeness (QED) is 0.774. The highest BCUT2D eigenvalue weighted by molar-refractivity contribution is 5.35. The first-order valence-corrected chi connectivity index (χ1v) is 7.46.